The van der Waals surface area contributed by atoms with Crippen LogP contribution in [-0.2, 0) is 0 Å². The first-order valence-corrected chi connectivity index (χ1v) is 7.36. The normalized spacial score (nSPS) is 22.7. The van der Waals surface area contributed by atoms with Gasteiger partial charge in [-0.3, -0.25) is 4.79 Å². The number of amides is 1. The van der Waals surface area contributed by atoms with Gasteiger partial charge in [-0.2, -0.15) is 0 Å². The molecule has 1 saturated carbocycles. The van der Waals surface area contributed by atoms with Gasteiger partial charge in [-0.15, -0.1) is 0 Å². The summed E-state index contributed by atoms with van der Waals surface area (Å²) in [7, 11) is 0. The number of carbonyl (C=O) groups excluding carboxylic acids is 1. The highest BCUT2D eigenvalue weighted by Gasteiger charge is 2.27. The van der Waals surface area contributed by atoms with Gasteiger partial charge in [-0.25, -0.2) is 4.98 Å². The van der Waals surface area contributed by atoms with Crippen LogP contribution in [0, 0.1) is 0 Å². The molecular weight excluding hydrogens is 240 g/mol. The molecule has 0 bridgehead atoms. The van der Waals surface area contributed by atoms with E-state index in [0.717, 1.165) is 32.0 Å². The van der Waals surface area contributed by atoms with Crippen molar-refractivity contribution in [1.29, 1.82) is 0 Å². The van der Waals surface area contributed by atoms with Gasteiger partial charge in [0.05, 0.1) is 12.5 Å². The molecule has 19 heavy (non-hydrogen) atoms. The van der Waals surface area contributed by atoms with E-state index in [0.29, 0.717) is 11.7 Å². The Morgan fingerprint density at radius 3 is 2.63 bits per heavy atom. The van der Waals surface area contributed by atoms with Crippen LogP contribution in [0.3, 0.4) is 0 Å². The van der Waals surface area contributed by atoms with Crippen molar-refractivity contribution in [3.05, 3.63) is 18.2 Å². The Bertz CT molecular complexity index is 403. The molecule has 5 heteroatoms. The smallest absolute Gasteiger partial charge is 0.269 e. The van der Waals surface area contributed by atoms with E-state index < -0.39 is 0 Å². The second-order valence-corrected chi connectivity index (χ2v) is 5.69. The van der Waals surface area contributed by atoms with Crippen LogP contribution < -0.4 is 5.32 Å². The molecule has 0 spiro atoms. The number of imidazole rings is 1. The number of aromatic nitrogens is 2. The fourth-order valence-electron chi connectivity index (χ4n) is 3.32. The molecule has 2 N–H and O–H groups in total. The minimum Gasteiger partial charge on any atom is -0.348 e. The highest BCUT2D eigenvalue weighted by atomic mass is 16.1. The first-order valence-electron chi connectivity index (χ1n) is 7.36. The SMILES string of the molecule is O=C(NC1CCN(C2CCCC2)CC1)c1cnc[nH]1. The minimum atomic E-state index is -0.0307. The Kier molecular flexibility index (Phi) is 3.82. The number of piperidine rings is 1. The van der Waals surface area contributed by atoms with Crippen molar-refractivity contribution in [1.82, 2.24) is 20.2 Å². The second kappa shape index (κ2) is 5.74. The van der Waals surface area contributed by atoms with Gasteiger partial charge >= 0.3 is 0 Å². The number of nitrogens with one attached hydrogen (secondary N) is 2. The lowest BCUT2D eigenvalue weighted by atomic mass is 10.0. The fraction of sp³-hybridized carbons (Fsp3) is 0.714. The average molecular weight is 262 g/mol. The zero-order chi connectivity index (χ0) is 13.1. The lowest BCUT2D eigenvalue weighted by molar-refractivity contribution is 0.0888. The first-order chi connectivity index (χ1) is 9.33. The second-order valence-electron chi connectivity index (χ2n) is 5.69. The zero-order valence-corrected chi connectivity index (χ0v) is 11.3. The lowest BCUT2D eigenvalue weighted by Crippen LogP contribution is -2.47. The van der Waals surface area contributed by atoms with Gasteiger partial charge in [0, 0.05) is 25.2 Å². The number of aromatic amines is 1. The van der Waals surface area contributed by atoms with E-state index in [1.54, 1.807) is 6.20 Å². The molecule has 1 aromatic heterocycles. The summed E-state index contributed by atoms with van der Waals surface area (Å²) in [5.41, 5.74) is 0.554. The van der Waals surface area contributed by atoms with Gasteiger partial charge in [0.2, 0.25) is 0 Å². The van der Waals surface area contributed by atoms with Crippen LogP contribution in [0.4, 0.5) is 0 Å². The largest absolute Gasteiger partial charge is 0.348 e. The zero-order valence-electron chi connectivity index (χ0n) is 11.3. The van der Waals surface area contributed by atoms with E-state index in [1.807, 2.05) is 0 Å². The molecule has 2 fully saturated rings. The van der Waals surface area contributed by atoms with Gasteiger partial charge < -0.3 is 15.2 Å². The van der Waals surface area contributed by atoms with Gasteiger partial charge in [0.25, 0.3) is 5.91 Å². The average Bonchev–Trinajstić information content (AvgIpc) is 3.13. The number of hydrogen-bond donors (Lipinski definition) is 2. The Morgan fingerprint density at radius 2 is 2.00 bits per heavy atom. The third kappa shape index (κ3) is 2.97. The number of H-pyrrole nitrogens is 1. The topological polar surface area (TPSA) is 61.0 Å². The third-order valence-corrected chi connectivity index (χ3v) is 4.45. The summed E-state index contributed by atoms with van der Waals surface area (Å²) in [4.78, 5) is 21.3. The lowest BCUT2D eigenvalue weighted by Gasteiger charge is -2.36. The maximum Gasteiger partial charge on any atom is 0.269 e. The van der Waals surface area contributed by atoms with Gasteiger partial charge in [0.15, 0.2) is 0 Å². The van der Waals surface area contributed by atoms with Crippen LogP contribution in [0.25, 0.3) is 0 Å². The summed E-state index contributed by atoms with van der Waals surface area (Å²) < 4.78 is 0. The van der Waals surface area contributed by atoms with Crippen molar-refractivity contribution >= 4 is 5.91 Å². The molecule has 5 nitrogen and oxygen atoms in total. The number of carbonyl (C=O) groups is 1. The fourth-order valence-corrected chi connectivity index (χ4v) is 3.32. The van der Waals surface area contributed by atoms with Gasteiger partial charge in [-0.05, 0) is 25.7 Å². The van der Waals surface area contributed by atoms with Crippen LogP contribution in [0.5, 0.6) is 0 Å². The molecule has 0 atom stereocenters. The molecule has 2 heterocycles. The molecule has 1 aliphatic carbocycles. The molecule has 1 aliphatic heterocycles. The first kappa shape index (κ1) is 12.7. The van der Waals surface area contributed by atoms with Crippen LogP contribution in [0.2, 0.25) is 0 Å². The highest BCUT2D eigenvalue weighted by molar-refractivity contribution is 5.92. The number of nitrogens with zero attached hydrogens (tertiary/aromatic N) is 2. The van der Waals surface area contributed by atoms with Crippen LogP contribution >= 0.6 is 0 Å². The summed E-state index contributed by atoms with van der Waals surface area (Å²) in [6.07, 6.45) is 10.8. The minimum absolute atomic E-state index is 0.0307. The number of likely N-dealkylation sites (tertiary alicyclic amines) is 1. The molecule has 3 rings (SSSR count). The van der Waals surface area contributed by atoms with E-state index in [1.165, 1.54) is 32.0 Å². The van der Waals surface area contributed by atoms with Crippen molar-refractivity contribution < 1.29 is 4.79 Å². The Balaban J connectivity index is 1.46. The van der Waals surface area contributed by atoms with Crippen molar-refractivity contribution in [2.75, 3.05) is 13.1 Å². The quantitative estimate of drug-likeness (QED) is 0.868. The van der Waals surface area contributed by atoms with E-state index in [-0.39, 0.29) is 5.91 Å². The summed E-state index contributed by atoms with van der Waals surface area (Å²) in [5.74, 6) is -0.0307. The van der Waals surface area contributed by atoms with Gasteiger partial charge in [0.1, 0.15) is 5.69 Å². The van der Waals surface area contributed by atoms with Crippen LogP contribution in [0.15, 0.2) is 12.5 Å². The molecule has 0 unspecified atom stereocenters. The van der Waals surface area contributed by atoms with Crippen molar-refractivity contribution in [2.24, 2.45) is 0 Å². The Labute approximate surface area is 113 Å². The van der Waals surface area contributed by atoms with Crippen LogP contribution in [-0.4, -0.2) is 45.9 Å². The maximum absolute atomic E-state index is 11.9. The molecule has 0 aromatic carbocycles. The van der Waals surface area contributed by atoms with Crippen LogP contribution in [0.1, 0.15) is 49.0 Å². The molecule has 1 saturated heterocycles. The predicted octanol–water partition coefficient (Wildman–Crippen LogP) is 1.55. The van der Waals surface area contributed by atoms with E-state index in [4.69, 9.17) is 0 Å². The Hall–Kier alpha value is -1.36. The van der Waals surface area contributed by atoms with Crippen molar-refractivity contribution in [3.63, 3.8) is 0 Å². The monoisotopic (exact) mass is 262 g/mol. The molecular formula is C14H22N4O. The molecule has 0 radical (unpaired) electrons. The summed E-state index contributed by atoms with van der Waals surface area (Å²) >= 11 is 0. The Morgan fingerprint density at radius 1 is 1.26 bits per heavy atom. The third-order valence-electron chi connectivity index (χ3n) is 4.45. The summed E-state index contributed by atoms with van der Waals surface area (Å²) in [5, 5.41) is 3.10. The number of hydrogen-bond acceptors (Lipinski definition) is 3. The molecule has 1 amide bonds. The summed E-state index contributed by atoms with van der Waals surface area (Å²) in [6.45, 7) is 2.25. The molecule has 2 aliphatic rings. The molecule has 104 valence electrons. The summed E-state index contributed by atoms with van der Waals surface area (Å²) in [6, 6.07) is 1.12. The van der Waals surface area contributed by atoms with Crippen molar-refractivity contribution in [3.8, 4) is 0 Å². The van der Waals surface area contributed by atoms with Gasteiger partial charge in [-0.1, -0.05) is 12.8 Å². The molecule has 1 aromatic rings. The standard InChI is InChI=1S/C14H22N4O/c19-14(13-9-15-10-16-13)17-11-5-7-18(8-6-11)12-3-1-2-4-12/h9-12H,1-8H2,(H,15,16)(H,17,19). The predicted molar refractivity (Wildman–Crippen MR) is 72.9 cm³/mol. The maximum atomic E-state index is 11.9. The van der Waals surface area contributed by atoms with E-state index >= 15 is 0 Å². The van der Waals surface area contributed by atoms with E-state index in [2.05, 4.69) is 20.2 Å². The highest BCUT2D eigenvalue weighted by Crippen LogP contribution is 2.26. The van der Waals surface area contributed by atoms with E-state index in [9.17, 15) is 4.79 Å². The number of rotatable bonds is 3. The van der Waals surface area contributed by atoms with Crippen molar-refractivity contribution in [2.45, 2.75) is 50.6 Å².